The summed E-state index contributed by atoms with van der Waals surface area (Å²) in [7, 11) is 0. The lowest BCUT2D eigenvalue weighted by atomic mass is 10.1. The van der Waals surface area contributed by atoms with Crippen molar-refractivity contribution in [3.63, 3.8) is 0 Å². The molecular weight excluding hydrogens is 414 g/mol. The average Bonchev–Trinajstić information content (AvgIpc) is 3.16. The van der Waals surface area contributed by atoms with Crippen LogP contribution in [0.15, 0.2) is 65.3 Å². The number of hydrogen-bond acceptors (Lipinski definition) is 3. The molecule has 0 radical (unpaired) electrons. The predicted octanol–water partition coefficient (Wildman–Crippen LogP) is 5.38. The highest BCUT2D eigenvalue weighted by molar-refractivity contribution is 9.10. The lowest BCUT2D eigenvalue weighted by Gasteiger charge is -2.26. The number of rotatable bonds is 7. The minimum absolute atomic E-state index is 0.521. The minimum Gasteiger partial charge on any atom is -0.471 e. The largest absolute Gasteiger partial charge is 0.471 e. The molecule has 0 spiro atoms. The Labute approximate surface area is 175 Å². The zero-order valence-electron chi connectivity index (χ0n) is 16.1. The topological polar surface area (TPSA) is 30.3 Å². The standard InChI is InChI=1S/C23H26BrN3O/c24-21-11-9-20(10-12-21)22-17-27(16-15-26-13-5-2-6-14-26)25-23(22)28-18-19-7-3-1-4-8-19/h1,3-4,7-12,17H,2,5-6,13-16,18H2. The van der Waals surface area contributed by atoms with Crippen LogP contribution in [0.5, 0.6) is 5.88 Å². The molecule has 0 aliphatic carbocycles. The van der Waals surface area contributed by atoms with Crippen molar-refractivity contribution in [2.45, 2.75) is 32.4 Å². The second-order valence-corrected chi connectivity index (χ2v) is 8.21. The van der Waals surface area contributed by atoms with E-state index >= 15 is 0 Å². The van der Waals surface area contributed by atoms with Crippen molar-refractivity contribution in [2.24, 2.45) is 0 Å². The Morgan fingerprint density at radius 1 is 0.893 bits per heavy atom. The summed E-state index contributed by atoms with van der Waals surface area (Å²) in [6, 6.07) is 18.6. The van der Waals surface area contributed by atoms with Crippen molar-refractivity contribution < 1.29 is 4.74 Å². The molecule has 28 heavy (non-hydrogen) atoms. The summed E-state index contributed by atoms with van der Waals surface area (Å²) < 4.78 is 9.23. The highest BCUT2D eigenvalue weighted by Gasteiger charge is 2.15. The van der Waals surface area contributed by atoms with E-state index in [1.807, 2.05) is 22.9 Å². The van der Waals surface area contributed by atoms with Gasteiger partial charge in [0, 0.05) is 17.2 Å². The third-order valence-corrected chi connectivity index (χ3v) is 5.72. The van der Waals surface area contributed by atoms with Gasteiger partial charge in [0.15, 0.2) is 0 Å². The molecule has 0 amide bonds. The average molecular weight is 440 g/mol. The monoisotopic (exact) mass is 439 g/mol. The first-order valence-corrected chi connectivity index (χ1v) is 10.8. The molecule has 0 saturated carbocycles. The summed E-state index contributed by atoms with van der Waals surface area (Å²) >= 11 is 3.51. The maximum absolute atomic E-state index is 6.12. The first kappa shape index (κ1) is 19.2. The summed E-state index contributed by atoms with van der Waals surface area (Å²) in [4.78, 5) is 2.54. The second-order valence-electron chi connectivity index (χ2n) is 7.29. The van der Waals surface area contributed by atoms with Crippen LogP contribution < -0.4 is 4.74 Å². The van der Waals surface area contributed by atoms with Crippen molar-refractivity contribution in [2.75, 3.05) is 19.6 Å². The molecule has 3 aromatic rings. The number of hydrogen-bond donors (Lipinski definition) is 0. The molecule has 0 atom stereocenters. The van der Waals surface area contributed by atoms with E-state index in [0.717, 1.165) is 34.3 Å². The summed E-state index contributed by atoms with van der Waals surface area (Å²) in [5.41, 5.74) is 3.31. The molecule has 2 heterocycles. The number of benzene rings is 2. The fourth-order valence-corrected chi connectivity index (χ4v) is 3.87. The Kier molecular flexibility index (Phi) is 6.45. The number of likely N-dealkylation sites (tertiary alicyclic amines) is 1. The van der Waals surface area contributed by atoms with Gasteiger partial charge in [-0.25, -0.2) is 0 Å². The van der Waals surface area contributed by atoms with Crippen molar-refractivity contribution in [3.8, 4) is 17.0 Å². The highest BCUT2D eigenvalue weighted by atomic mass is 79.9. The molecule has 1 fully saturated rings. The van der Waals surface area contributed by atoms with Gasteiger partial charge >= 0.3 is 0 Å². The number of aromatic nitrogens is 2. The molecular formula is C23H26BrN3O. The van der Waals surface area contributed by atoms with Crippen LogP contribution in [0.4, 0.5) is 0 Å². The third kappa shape index (κ3) is 5.03. The predicted molar refractivity (Wildman–Crippen MR) is 116 cm³/mol. The first-order valence-electron chi connectivity index (χ1n) is 10.0. The maximum atomic E-state index is 6.12. The van der Waals surface area contributed by atoms with E-state index in [4.69, 9.17) is 9.84 Å². The Morgan fingerprint density at radius 2 is 1.64 bits per heavy atom. The van der Waals surface area contributed by atoms with Crippen molar-refractivity contribution in [3.05, 3.63) is 70.8 Å². The van der Waals surface area contributed by atoms with E-state index in [0.29, 0.717) is 12.5 Å². The van der Waals surface area contributed by atoms with Gasteiger partial charge in [-0.05, 0) is 49.2 Å². The highest BCUT2D eigenvalue weighted by Crippen LogP contribution is 2.30. The minimum atomic E-state index is 0.521. The molecule has 1 aliphatic rings. The van der Waals surface area contributed by atoms with E-state index in [1.54, 1.807) is 0 Å². The van der Waals surface area contributed by atoms with E-state index in [-0.39, 0.29) is 0 Å². The molecule has 4 nitrogen and oxygen atoms in total. The van der Waals surface area contributed by atoms with Gasteiger partial charge in [-0.2, -0.15) is 0 Å². The van der Waals surface area contributed by atoms with E-state index in [9.17, 15) is 0 Å². The van der Waals surface area contributed by atoms with Gasteiger partial charge in [0.25, 0.3) is 0 Å². The SMILES string of the molecule is Brc1ccc(-c2cn(CCN3CCCCC3)nc2OCc2ccccc2)cc1. The van der Waals surface area contributed by atoms with Crippen LogP contribution in [-0.4, -0.2) is 34.3 Å². The van der Waals surface area contributed by atoms with Gasteiger partial charge in [-0.1, -0.05) is 64.8 Å². The van der Waals surface area contributed by atoms with Gasteiger partial charge in [-0.3, -0.25) is 4.68 Å². The summed E-state index contributed by atoms with van der Waals surface area (Å²) in [5.74, 6) is 0.699. The van der Waals surface area contributed by atoms with Crippen LogP contribution in [-0.2, 0) is 13.2 Å². The molecule has 1 saturated heterocycles. The van der Waals surface area contributed by atoms with Crippen LogP contribution >= 0.6 is 15.9 Å². The molecule has 4 rings (SSSR count). The van der Waals surface area contributed by atoms with Crippen LogP contribution in [0.3, 0.4) is 0 Å². The molecule has 0 bridgehead atoms. The van der Waals surface area contributed by atoms with Crippen molar-refractivity contribution in [1.29, 1.82) is 0 Å². The van der Waals surface area contributed by atoms with Crippen LogP contribution in [0, 0.1) is 0 Å². The summed E-state index contributed by atoms with van der Waals surface area (Å²) in [6.45, 7) is 4.86. The Balaban J connectivity index is 1.51. The van der Waals surface area contributed by atoms with E-state index < -0.39 is 0 Å². The number of nitrogens with zero attached hydrogens (tertiary/aromatic N) is 3. The zero-order valence-corrected chi connectivity index (χ0v) is 17.6. The fraction of sp³-hybridized carbons (Fsp3) is 0.348. The molecule has 5 heteroatoms. The number of ether oxygens (including phenoxy) is 1. The van der Waals surface area contributed by atoms with Crippen LogP contribution in [0.2, 0.25) is 0 Å². The quantitative estimate of drug-likeness (QED) is 0.495. The molecule has 146 valence electrons. The molecule has 1 aromatic heterocycles. The molecule has 1 aliphatic heterocycles. The number of piperidine rings is 1. The zero-order chi connectivity index (χ0) is 19.2. The van der Waals surface area contributed by atoms with Crippen LogP contribution in [0.1, 0.15) is 24.8 Å². The fourth-order valence-electron chi connectivity index (χ4n) is 3.61. The molecule has 0 N–H and O–H groups in total. The second kappa shape index (κ2) is 9.39. The lowest BCUT2D eigenvalue weighted by molar-refractivity contribution is 0.216. The van der Waals surface area contributed by atoms with Crippen LogP contribution in [0.25, 0.3) is 11.1 Å². The molecule has 2 aromatic carbocycles. The van der Waals surface area contributed by atoms with Gasteiger partial charge in [0.05, 0.1) is 12.1 Å². The van der Waals surface area contributed by atoms with E-state index in [2.05, 4.69) is 63.4 Å². The third-order valence-electron chi connectivity index (χ3n) is 5.20. The maximum Gasteiger partial charge on any atom is 0.241 e. The first-order chi connectivity index (χ1) is 13.8. The number of halogens is 1. The lowest BCUT2D eigenvalue weighted by Crippen LogP contribution is -2.32. The van der Waals surface area contributed by atoms with Gasteiger partial charge in [-0.15, -0.1) is 5.10 Å². The smallest absolute Gasteiger partial charge is 0.241 e. The van der Waals surface area contributed by atoms with Gasteiger partial charge < -0.3 is 9.64 Å². The molecule has 0 unspecified atom stereocenters. The van der Waals surface area contributed by atoms with Crippen molar-refractivity contribution >= 4 is 15.9 Å². The summed E-state index contributed by atoms with van der Waals surface area (Å²) in [5, 5.41) is 4.76. The van der Waals surface area contributed by atoms with E-state index in [1.165, 1.54) is 32.4 Å². The Morgan fingerprint density at radius 3 is 2.39 bits per heavy atom. The summed E-state index contributed by atoms with van der Waals surface area (Å²) in [6.07, 6.45) is 6.11. The van der Waals surface area contributed by atoms with Crippen molar-refractivity contribution in [1.82, 2.24) is 14.7 Å². The van der Waals surface area contributed by atoms with Gasteiger partial charge in [0.1, 0.15) is 6.61 Å². The van der Waals surface area contributed by atoms with Gasteiger partial charge in [0.2, 0.25) is 5.88 Å². The normalized spacial score (nSPS) is 14.9. The Bertz CT molecular complexity index is 871. The Hall–Kier alpha value is -2.11.